The number of hydrogen-bond acceptors (Lipinski definition) is 7. The van der Waals surface area contributed by atoms with Crippen LogP contribution in [0.2, 0.25) is 0 Å². The number of ether oxygens (including phenoxy) is 2. The molecule has 8 heteroatoms. The Labute approximate surface area is 133 Å². The lowest BCUT2D eigenvalue weighted by Gasteiger charge is -2.47. The Morgan fingerprint density at radius 1 is 1.59 bits per heavy atom. The lowest BCUT2D eigenvalue weighted by Crippen LogP contribution is -2.61. The maximum absolute atomic E-state index is 12.3. The molecule has 1 spiro atoms. The van der Waals surface area contributed by atoms with Crippen molar-refractivity contribution in [3.05, 3.63) is 11.8 Å². The van der Waals surface area contributed by atoms with Crippen LogP contribution in [0.15, 0.2) is 10.6 Å². The van der Waals surface area contributed by atoms with Crippen LogP contribution in [0.3, 0.4) is 0 Å². The van der Waals surface area contributed by atoms with Crippen molar-refractivity contribution in [2.45, 2.75) is 17.2 Å². The molecule has 1 aromatic heterocycles. The molecule has 1 aromatic rings. The minimum atomic E-state index is -0.113. The molecule has 2 saturated heterocycles. The molecule has 1 N–H and O–H groups in total. The molecule has 3 heterocycles. The monoisotopic (exact) mass is 327 g/mol. The van der Waals surface area contributed by atoms with Gasteiger partial charge < -0.3 is 24.2 Å². The van der Waals surface area contributed by atoms with E-state index in [4.69, 9.17) is 14.0 Å². The Hall–Kier alpha value is -1.25. The van der Waals surface area contributed by atoms with Gasteiger partial charge in [0.05, 0.1) is 24.5 Å². The number of methoxy groups -OCH3 is 2. The van der Waals surface area contributed by atoms with E-state index in [1.54, 1.807) is 7.11 Å². The molecular formula is C14H21N3O4S. The first kappa shape index (κ1) is 15.6. The van der Waals surface area contributed by atoms with Gasteiger partial charge in [0.2, 0.25) is 5.76 Å². The number of rotatable bonds is 6. The van der Waals surface area contributed by atoms with E-state index in [0.717, 1.165) is 38.4 Å². The highest BCUT2D eigenvalue weighted by molar-refractivity contribution is 8.01. The molecule has 1 amide bonds. The summed E-state index contributed by atoms with van der Waals surface area (Å²) in [6, 6.07) is 2.03. The smallest absolute Gasteiger partial charge is 0.292 e. The van der Waals surface area contributed by atoms with Crippen LogP contribution in [0.1, 0.15) is 17.0 Å². The maximum atomic E-state index is 12.3. The summed E-state index contributed by atoms with van der Waals surface area (Å²) in [5.74, 6) is 1.54. The van der Waals surface area contributed by atoms with Crippen LogP contribution in [0.4, 0.5) is 0 Å². The molecule has 2 fully saturated rings. The minimum Gasteiger partial charge on any atom is -0.479 e. The van der Waals surface area contributed by atoms with E-state index in [1.165, 1.54) is 13.2 Å². The lowest BCUT2D eigenvalue weighted by atomic mass is 9.92. The van der Waals surface area contributed by atoms with E-state index in [0.29, 0.717) is 11.9 Å². The van der Waals surface area contributed by atoms with Crippen molar-refractivity contribution in [2.75, 3.05) is 46.2 Å². The molecule has 1 unspecified atom stereocenters. The Morgan fingerprint density at radius 3 is 3.09 bits per heavy atom. The Morgan fingerprint density at radius 2 is 2.41 bits per heavy atom. The summed E-state index contributed by atoms with van der Waals surface area (Å²) in [4.78, 5) is 14.1. The predicted molar refractivity (Wildman–Crippen MR) is 82.4 cm³/mol. The van der Waals surface area contributed by atoms with E-state index in [9.17, 15) is 4.79 Å². The van der Waals surface area contributed by atoms with Crippen LogP contribution in [0.5, 0.6) is 5.88 Å². The SMILES string of the molecule is COCCNC1CSC2(C1)CN(C(=O)c1cc(OC)no1)C2. The molecule has 0 saturated carbocycles. The molecule has 7 nitrogen and oxygen atoms in total. The fourth-order valence-electron chi connectivity index (χ4n) is 2.97. The third kappa shape index (κ3) is 3.09. The third-order valence-corrected chi connectivity index (χ3v) is 5.71. The average Bonchev–Trinajstić information content (AvgIpc) is 3.12. The summed E-state index contributed by atoms with van der Waals surface area (Å²) in [6.07, 6.45) is 1.09. The number of amides is 1. The number of aromatic nitrogens is 1. The van der Waals surface area contributed by atoms with Crippen molar-refractivity contribution in [3.63, 3.8) is 0 Å². The fourth-order valence-corrected chi connectivity index (χ4v) is 4.57. The lowest BCUT2D eigenvalue weighted by molar-refractivity contribution is 0.0510. The van der Waals surface area contributed by atoms with Gasteiger partial charge in [-0.15, -0.1) is 11.8 Å². The first-order valence-corrected chi connectivity index (χ1v) is 8.30. The van der Waals surface area contributed by atoms with Crippen molar-refractivity contribution in [3.8, 4) is 5.88 Å². The molecule has 1 atom stereocenters. The number of thioether (sulfide) groups is 1. The zero-order chi connectivity index (χ0) is 15.6. The fraction of sp³-hybridized carbons (Fsp3) is 0.714. The minimum absolute atomic E-state index is 0.113. The normalized spacial score (nSPS) is 22.8. The van der Waals surface area contributed by atoms with Gasteiger partial charge in [0.25, 0.3) is 11.8 Å². The van der Waals surface area contributed by atoms with Crippen LogP contribution < -0.4 is 10.1 Å². The average molecular weight is 327 g/mol. The zero-order valence-electron chi connectivity index (χ0n) is 12.8. The Balaban J connectivity index is 1.48. The van der Waals surface area contributed by atoms with Gasteiger partial charge in [-0.2, -0.15) is 0 Å². The Bertz CT molecular complexity index is 530. The summed E-state index contributed by atoms with van der Waals surface area (Å²) in [7, 11) is 3.21. The number of hydrogen-bond donors (Lipinski definition) is 1. The van der Waals surface area contributed by atoms with E-state index < -0.39 is 0 Å². The van der Waals surface area contributed by atoms with Gasteiger partial charge in [-0.25, -0.2) is 0 Å². The molecule has 0 radical (unpaired) electrons. The zero-order valence-corrected chi connectivity index (χ0v) is 13.6. The molecule has 0 aromatic carbocycles. The number of nitrogens with zero attached hydrogens (tertiary/aromatic N) is 2. The van der Waals surface area contributed by atoms with Crippen molar-refractivity contribution in [1.29, 1.82) is 0 Å². The van der Waals surface area contributed by atoms with Gasteiger partial charge in [0.1, 0.15) is 0 Å². The quantitative estimate of drug-likeness (QED) is 0.768. The van der Waals surface area contributed by atoms with Crippen LogP contribution >= 0.6 is 11.8 Å². The number of carbonyl (C=O) groups excluding carboxylic acids is 1. The molecule has 2 aliphatic rings. The second-order valence-corrected chi connectivity index (χ2v) is 7.22. The topological polar surface area (TPSA) is 76.8 Å². The largest absolute Gasteiger partial charge is 0.479 e. The van der Waals surface area contributed by atoms with Gasteiger partial charge in [0, 0.05) is 38.5 Å². The van der Waals surface area contributed by atoms with Gasteiger partial charge in [-0.1, -0.05) is 0 Å². The highest BCUT2D eigenvalue weighted by Crippen LogP contribution is 2.45. The molecule has 0 aliphatic carbocycles. The van der Waals surface area contributed by atoms with Crippen LogP contribution in [0.25, 0.3) is 0 Å². The second kappa shape index (κ2) is 6.47. The standard InChI is InChI=1S/C14H21N3O4S/c1-19-4-3-15-10-6-14(22-7-10)8-17(9-14)13(18)11-5-12(20-2)16-21-11/h5,10,15H,3-4,6-9H2,1-2H3. The first-order valence-electron chi connectivity index (χ1n) is 7.32. The summed E-state index contributed by atoms with van der Waals surface area (Å²) in [5.41, 5.74) is 0. The van der Waals surface area contributed by atoms with Crippen LogP contribution in [-0.4, -0.2) is 73.0 Å². The number of nitrogens with one attached hydrogen (secondary N) is 1. The number of carbonyl (C=O) groups is 1. The predicted octanol–water partition coefficient (Wildman–Crippen LogP) is 0.619. The van der Waals surface area contributed by atoms with E-state index in [1.807, 2.05) is 16.7 Å². The van der Waals surface area contributed by atoms with E-state index >= 15 is 0 Å². The first-order chi connectivity index (χ1) is 10.7. The molecule has 122 valence electrons. The van der Waals surface area contributed by atoms with E-state index in [-0.39, 0.29) is 16.4 Å². The Kier molecular flexibility index (Phi) is 4.60. The summed E-state index contributed by atoms with van der Waals surface area (Å²) in [6.45, 7) is 3.13. The van der Waals surface area contributed by atoms with Crippen molar-refractivity contribution >= 4 is 17.7 Å². The van der Waals surface area contributed by atoms with Crippen LogP contribution in [0, 0.1) is 0 Å². The van der Waals surface area contributed by atoms with Crippen molar-refractivity contribution in [1.82, 2.24) is 15.4 Å². The van der Waals surface area contributed by atoms with Gasteiger partial charge in [-0.05, 0) is 11.6 Å². The summed E-state index contributed by atoms with van der Waals surface area (Å²) >= 11 is 1.96. The van der Waals surface area contributed by atoms with Crippen LogP contribution in [-0.2, 0) is 4.74 Å². The highest BCUT2D eigenvalue weighted by Gasteiger charge is 2.51. The van der Waals surface area contributed by atoms with E-state index in [2.05, 4.69) is 10.5 Å². The van der Waals surface area contributed by atoms with Crippen molar-refractivity contribution in [2.24, 2.45) is 0 Å². The van der Waals surface area contributed by atoms with Gasteiger partial charge in [0.15, 0.2) is 0 Å². The number of likely N-dealkylation sites (tertiary alicyclic amines) is 1. The molecule has 0 bridgehead atoms. The molecular weight excluding hydrogens is 306 g/mol. The molecule has 2 aliphatic heterocycles. The molecule has 22 heavy (non-hydrogen) atoms. The summed E-state index contributed by atoms with van der Waals surface area (Å²) in [5, 5.41) is 7.17. The van der Waals surface area contributed by atoms with Gasteiger partial charge in [-0.3, -0.25) is 4.79 Å². The van der Waals surface area contributed by atoms with Crippen molar-refractivity contribution < 1.29 is 18.8 Å². The van der Waals surface area contributed by atoms with Gasteiger partial charge >= 0.3 is 0 Å². The third-order valence-electron chi connectivity index (χ3n) is 4.10. The molecule has 3 rings (SSSR count). The summed E-state index contributed by atoms with van der Waals surface area (Å²) < 4.78 is 15.2. The second-order valence-electron chi connectivity index (χ2n) is 5.74. The maximum Gasteiger partial charge on any atom is 0.292 e. The highest BCUT2D eigenvalue weighted by atomic mass is 32.2.